The van der Waals surface area contributed by atoms with Gasteiger partial charge in [0.25, 0.3) is 0 Å². The highest BCUT2D eigenvalue weighted by Gasteiger charge is 2.42. The van der Waals surface area contributed by atoms with Crippen LogP contribution in [0.2, 0.25) is 0 Å². The Labute approximate surface area is 143 Å². The molecule has 24 heavy (non-hydrogen) atoms. The van der Waals surface area contributed by atoms with E-state index < -0.39 is 5.54 Å². The molecule has 2 rings (SSSR count). The third kappa shape index (κ3) is 3.07. The van der Waals surface area contributed by atoms with Crippen molar-refractivity contribution in [2.24, 2.45) is 0 Å². The molecule has 0 aliphatic carbocycles. The lowest BCUT2D eigenvalue weighted by Gasteiger charge is -2.39. The van der Waals surface area contributed by atoms with E-state index in [1.165, 1.54) is 11.1 Å². The number of fused-ring (bicyclic) bond motifs is 1. The number of carbonyl (C=O) groups is 2. The summed E-state index contributed by atoms with van der Waals surface area (Å²) in [5.41, 5.74) is 3.45. The van der Waals surface area contributed by atoms with Crippen LogP contribution in [0.25, 0.3) is 5.70 Å². The molecule has 4 nitrogen and oxygen atoms in total. The summed E-state index contributed by atoms with van der Waals surface area (Å²) in [6.45, 7) is 6.68. The van der Waals surface area contributed by atoms with Gasteiger partial charge in [0.2, 0.25) is 5.91 Å². The second kappa shape index (κ2) is 7.35. The largest absolute Gasteiger partial charge is 0.357 e. The highest BCUT2D eigenvalue weighted by molar-refractivity contribution is 5.89. The van der Waals surface area contributed by atoms with Gasteiger partial charge in [-0.05, 0) is 30.9 Å². The summed E-state index contributed by atoms with van der Waals surface area (Å²) in [7, 11) is 1.62. The van der Waals surface area contributed by atoms with Crippen molar-refractivity contribution in [3.05, 3.63) is 41.5 Å². The molecular weight excluding hydrogens is 300 g/mol. The van der Waals surface area contributed by atoms with Crippen molar-refractivity contribution in [1.82, 2.24) is 10.2 Å². The minimum atomic E-state index is -0.810. The molecule has 1 aromatic carbocycles. The molecule has 0 bridgehead atoms. The van der Waals surface area contributed by atoms with Gasteiger partial charge in [0.05, 0.1) is 0 Å². The van der Waals surface area contributed by atoms with Gasteiger partial charge in [-0.25, -0.2) is 0 Å². The van der Waals surface area contributed by atoms with Gasteiger partial charge in [0.15, 0.2) is 0 Å². The molecule has 126 valence electrons. The highest BCUT2D eigenvalue weighted by atomic mass is 16.2. The first-order valence-electron chi connectivity index (χ1n) is 8.16. The number of aryl methyl sites for hydroxylation is 1. The first kappa shape index (κ1) is 17.8. The molecule has 1 heterocycles. The van der Waals surface area contributed by atoms with Gasteiger partial charge >= 0.3 is 0 Å². The van der Waals surface area contributed by atoms with Crippen LogP contribution in [-0.4, -0.2) is 29.7 Å². The van der Waals surface area contributed by atoms with Crippen molar-refractivity contribution in [3.63, 3.8) is 0 Å². The van der Waals surface area contributed by atoms with Crippen molar-refractivity contribution >= 4 is 17.9 Å². The molecule has 1 amide bonds. The van der Waals surface area contributed by atoms with Gasteiger partial charge in [-0.2, -0.15) is 0 Å². The van der Waals surface area contributed by atoms with Crippen LogP contribution in [0.1, 0.15) is 42.9 Å². The van der Waals surface area contributed by atoms with E-state index in [0.29, 0.717) is 25.8 Å². The molecule has 0 saturated heterocycles. The Balaban J connectivity index is 2.39. The van der Waals surface area contributed by atoms with Crippen molar-refractivity contribution in [3.8, 4) is 12.3 Å². The number of carbonyl (C=O) groups excluding carboxylic acids is 2. The van der Waals surface area contributed by atoms with Crippen molar-refractivity contribution in [1.29, 1.82) is 0 Å². The molecule has 1 aromatic rings. The maximum atomic E-state index is 12.5. The van der Waals surface area contributed by atoms with Crippen LogP contribution in [0.5, 0.6) is 0 Å². The quantitative estimate of drug-likeness (QED) is 0.619. The lowest BCUT2D eigenvalue weighted by Crippen LogP contribution is -2.53. The number of aldehydes is 1. The Morgan fingerprint density at radius 2 is 2.29 bits per heavy atom. The van der Waals surface area contributed by atoms with Crippen LogP contribution >= 0.6 is 0 Å². The normalized spacial score (nSPS) is 15.4. The third-order valence-corrected chi connectivity index (χ3v) is 4.83. The van der Waals surface area contributed by atoms with Crippen LogP contribution in [-0.2, 0) is 22.6 Å². The van der Waals surface area contributed by atoms with E-state index in [1.54, 1.807) is 7.05 Å². The Bertz CT molecular complexity index is 702. The van der Waals surface area contributed by atoms with Crippen molar-refractivity contribution in [2.45, 2.75) is 44.7 Å². The van der Waals surface area contributed by atoms with E-state index in [1.807, 2.05) is 24.0 Å². The number of likely N-dealkylation sites (N-methyl/N-ethyl adjacent to an activating group) is 1. The van der Waals surface area contributed by atoms with Crippen LogP contribution in [0.15, 0.2) is 24.8 Å². The number of rotatable bonds is 7. The summed E-state index contributed by atoms with van der Waals surface area (Å²) in [6, 6.07) is 6.11. The Hall–Kier alpha value is -2.54. The van der Waals surface area contributed by atoms with E-state index in [0.717, 1.165) is 24.0 Å². The van der Waals surface area contributed by atoms with Crippen LogP contribution in [0, 0.1) is 12.3 Å². The fourth-order valence-corrected chi connectivity index (χ4v) is 3.38. The van der Waals surface area contributed by atoms with Gasteiger partial charge in [-0.3, -0.25) is 4.79 Å². The number of hydrogen-bond acceptors (Lipinski definition) is 3. The van der Waals surface area contributed by atoms with E-state index >= 15 is 0 Å². The van der Waals surface area contributed by atoms with Gasteiger partial charge < -0.3 is 15.0 Å². The Morgan fingerprint density at radius 3 is 2.92 bits per heavy atom. The molecular formula is C20H24N2O2. The lowest BCUT2D eigenvalue weighted by atomic mass is 9.92. The number of nitrogens with one attached hydrogen (secondary N) is 1. The van der Waals surface area contributed by atoms with Crippen LogP contribution < -0.4 is 5.32 Å². The fourth-order valence-electron chi connectivity index (χ4n) is 3.38. The van der Waals surface area contributed by atoms with E-state index in [-0.39, 0.29) is 5.91 Å². The first-order chi connectivity index (χ1) is 11.5. The fraction of sp³-hybridized carbons (Fsp3) is 0.400. The first-order valence-corrected chi connectivity index (χ1v) is 8.16. The molecule has 1 N–H and O–H groups in total. The molecule has 0 fully saturated rings. The van der Waals surface area contributed by atoms with Gasteiger partial charge in [0, 0.05) is 37.7 Å². The van der Waals surface area contributed by atoms with Gasteiger partial charge in [-0.1, -0.05) is 24.8 Å². The average Bonchev–Trinajstić information content (AvgIpc) is 2.95. The zero-order valence-corrected chi connectivity index (χ0v) is 14.4. The SMILES string of the molecule is C#CCCc1cccc2c1CN([C@@](C)(CCC=O)C(=O)NC)C2=C. The average molecular weight is 324 g/mol. The zero-order chi connectivity index (χ0) is 17.7. The second-order valence-electron chi connectivity index (χ2n) is 6.24. The Kier molecular flexibility index (Phi) is 5.46. The molecule has 1 aliphatic rings. The summed E-state index contributed by atoms with van der Waals surface area (Å²) >= 11 is 0. The predicted molar refractivity (Wildman–Crippen MR) is 95.9 cm³/mol. The molecule has 4 heteroatoms. The number of hydrogen-bond donors (Lipinski definition) is 1. The summed E-state index contributed by atoms with van der Waals surface area (Å²) in [4.78, 5) is 25.4. The summed E-state index contributed by atoms with van der Waals surface area (Å²) < 4.78 is 0. The third-order valence-electron chi connectivity index (χ3n) is 4.83. The van der Waals surface area contributed by atoms with Crippen LogP contribution in [0.3, 0.4) is 0 Å². The molecule has 1 atom stereocenters. The van der Waals surface area contributed by atoms with E-state index in [2.05, 4.69) is 23.9 Å². The smallest absolute Gasteiger partial charge is 0.245 e. The molecule has 0 aromatic heterocycles. The maximum Gasteiger partial charge on any atom is 0.245 e. The molecule has 0 saturated carbocycles. The standard InChI is InChI=1S/C20H24N2O2/c1-5-6-9-16-10-7-11-17-15(2)22(14-18(16)17)20(3,12-8-13-23)19(24)21-4/h1,7,10-11,13H,2,6,8-9,12,14H2,3-4H3,(H,21,24)/t20-/m0/s1. The summed E-state index contributed by atoms with van der Waals surface area (Å²) in [5.74, 6) is 2.57. The number of nitrogens with zero attached hydrogens (tertiary/aromatic N) is 1. The van der Waals surface area contributed by atoms with E-state index in [4.69, 9.17) is 6.42 Å². The lowest BCUT2D eigenvalue weighted by molar-refractivity contribution is -0.131. The van der Waals surface area contributed by atoms with Crippen LogP contribution in [0.4, 0.5) is 0 Å². The highest BCUT2D eigenvalue weighted by Crippen LogP contribution is 2.40. The zero-order valence-electron chi connectivity index (χ0n) is 14.4. The maximum absolute atomic E-state index is 12.5. The molecule has 0 radical (unpaired) electrons. The molecule has 1 aliphatic heterocycles. The molecule has 0 unspecified atom stereocenters. The summed E-state index contributed by atoms with van der Waals surface area (Å²) in [5, 5.41) is 2.72. The predicted octanol–water partition coefficient (Wildman–Crippen LogP) is 2.52. The summed E-state index contributed by atoms with van der Waals surface area (Å²) in [6.07, 6.45) is 8.51. The Morgan fingerprint density at radius 1 is 1.54 bits per heavy atom. The number of amides is 1. The van der Waals surface area contributed by atoms with Crippen molar-refractivity contribution in [2.75, 3.05) is 7.05 Å². The minimum absolute atomic E-state index is 0.108. The topological polar surface area (TPSA) is 49.4 Å². The monoisotopic (exact) mass is 324 g/mol. The van der Waals surface area contributed by atoms with Crippen molar-refractivity contribution < 1.29 is 9.59 Å². The molecule has 0 spiro atoms. The van der Waals surface area contributed by atoms with Gasteiger partial charge in [0.1, 0.15) is 11.8 Å². The number of terminal acetylenes is 1. The second-order valence-corrected chi connectivity index (χ2v) is 6.24. The van der Waals surface area contributed by atoms with Gasteiger partial charge in [-0.15, -0.1) is 12.3 Å². The van der Waals surface area contributed by atoms with E-state index in [9.17, 15) is 9.59 Å². The minimum Gasteiger partial charge on any atom is -0.357 e. The number of benzene rings is 1.